The van der Waals surface area contributed by atoms with Gasteiger partial charge in [-0.3, -0.25) is 14.5 Å². The molecule has 11 heteroatoms. The number of nitrogens with zero attached hydrogens (tertiary/aromatic N) is 1. The molecule has 0 N–H and O–H groups in total. The van der Waals surface area contributed by atoms with Crippen molar-refractivity contribution in [1.29, 1.82) is 0 Å². The fourth-order valence-electron chi connectivity index (χ4n) is 2.45. The Hall–Kier alpha value is -0.550. The van der Waals surface area contributed by atoms with Gasteiger partial charge >= 0.3 is 35.5 Å². The largest absolute Gasteiger partial charge is 1.00 e. The predicted octanol–water partition coefficient (Wildman–Crippen LogP) is -5.30. The van der Waals surface area contributed by atoms with Crippen LogP contribution in [0.1, 0.15) is 6.92 Å². The number of fused-ring (bicyclic) bond motifs is 1. The number of carbonyl (C=O) groups excluding carboxylic acids is 3. The maximum absolute atomic E-state index is 12.2. The first kappa shape index (κ1) is 19.5. The van der Waals surface area contributed by atoms with Crippen LogP contribution < -0.4 is 34.7 Å². The van der Waals surface area contributed by atoms with Gasteiger partial charge in [0, 0.05) is 18.2 Å². The molecule has 0 aromatic rings. The number of thiol groups is 1. The number of carboxylic acid groups (broad SMARTS) is 1. The summed E-state index contributed by atoms with van der Waals surface area (Å²) in [5.41, 5.74) is -0.702. The van der Waals surface area contributed by atoms with Gasteiger partial charge in [-0.25, -0.2) is 8.42 Å². The SMILES string of the molecule is CC(=O)OCC1=C(C(=O)[O-])N2C(=O)[C@H](CS)[C@H]2S(=O)(=O)C1.[Na+]. The van der Waals surface area contributed by atoms with E-state index in [9.17, 15) is 27.9 Å². The van der Waals surface area contributed by atoms with Crippen molar-refractivity contribution in [2.45, 2.75) is 12.3 Å². The van der Waals surface area contributed by atoms with Crippen molar-refractivity contribution < 1.29 is 62.2 Å². The minimum absolute atomic E-state index is 0. The summed E-state index contributed by atoms with van der Waals surface area (Å²) >= 11 is 3.91. The Morgan fingerprint density at radius 3 is 2.50 bits per heavy atom. The quantitative estimate of drug-likeness (QED) is 0.231. The number of ether oxygens (including phenoxy) is 1. The molecule has 0 bridgehead atoms. The number of hydrogen-bond donors (Lipinski definition) is 1. The van der Waals surface area contributed by atoms with Crippen molar-refractivity contribution in [1.82, 2.24) is 4.90 Å². The van der Waals surface area contributed by atoms with Gasteiger partial charge in [-0.1, -0.05) is 0 Å². The Labute approximate surface area is 154 Å². The van der Waals surface area contributed by atoms with Crippen LogP contribution >= 0.6 is 12.6 Å². The van der Waals surface area contributed by atoms with Gasteiger partial charge in [0.25, 0.3) is 0 Å². The van der Waals surface area contributed by atoms with E-state index in [2.05, 4.69) is 17.4 Å². The summed E-state index contributed by atoms with van der Waals surface area (Å²) in [5, 5.41) is 9.99. The van der Waals surface area contributed by atoms with Crippen LogP contribution in [0.5, 0.6) is 0 Å². The average molecular weight is 357 g/mol. The third kappa shape index (κ3) is 3.21. The van der Waals surface area contributed by atoms with Crippen molar-refractivity contribution in [3.05, 3.63) is 11.3 Å². The fraction of sp³-hybridized carbons (Fsp3) is 0.545. The summed E-state index contributed by atoms with van der Waals surface area (Å²) in [7, 11) is -3.77. The first-order valence-corrected chi connectivity index (χ1v) is 8.27. The normalized spacial score (nSPS) is 25.7. The second-order valence-electron chi connectivity index (χ2n) is 4.71. The molecule has 1 amide bonds. The molecule has 0 aromatic carbocycles. The first-order chi connectivity index (χ1) is 9.70. The molecule has 116 valence electrons. The number of amides is 1. The van der Waals surface area contributed by atoms with E-state index in [1.165, 1.54) is 0 Å². The molecule has 0 aliphatic carbocycles. The van der Waals surface area contributed by atoms with E-state index in [0.717, 1.165) is 6.92 Å². The maximum Gasteiger partial charge on any atom is 1.00 e. The molecule has 22 heavy (non-hydrogen) atoms. The number of sulfone groups is 1. The molecule has 1 fully saturated rings. The Kier molecular flexibility index (Phi) is 6.13. The van der Waals surface area contributed by atoms with E-state index in [0.29, 0.717) is 4.90 Å². The molecule has 2 aliphatic heterocycles. The second kappa shape index (κ2) is 6.91. The Bertz CT molecular complexity index is 657. The summed E-state index contributed by atoms with van der Waals surface area (Å²) in [6.07, 6.45) is 0. The van der Waals surface area contributed by atoms with E-state index >= 15 is 0 Å². The molecule has 1 saturated heterocycles. The third-order valence-corrected chi connectivity index (χ3v) is 5.73. The third-order valence-electron chi connectivity index (χ3n) is 3.31. The number of carboxylic acids is 1. The van der Waals surface area contributed by atoms with Crippen LogP contribution in [0.2, 0.25) is 0 Å². The summed E-state index contributed by atoms with van der Waals surface area (Å²) < 4.78 is 29.0. The molecule has 2 atom stereocenters. The van der Waals surface area contributed by atoms with E-state index in [1.54, 1.807) is 0 Å². The van der Waals surface area contributed by atoms with E-state index in [1.807, 2.05) is 0 Å². The smallest absolute Gasteiger partial charge is 0.543 e. The van der Waals surface area contributed by atoms with Crippen molar-refractivity contribution in [2.75, 3.05) is 18.1 Å². The number of aliphatic carboxylic acids is 1. The second-order valence-corrected chi connectivity index (χ2v) is 7.18. The number of hydrogen-bond acceptors (Lipinski definition) is 8. The van der Waals surface area contributed by atoms with Crippen LogP contribution in [-0.2, 0) is 29.0 Å². The zero-order chi connectivity index (χ0) is 15.9. The number of esters is 1. The topological polar surface area (TPSA) is 121 Å². The molecule has 2 aliphatic rings. The fourth-order valence-corrected chi connectivity index (χ4v) is 5.07. The van der Waals surface area contributed by atoms with E-state index in [4.69, 9.17) is 0 Å². The monoisotopic (exact) mass is 357 g/mol. The van der Waals surface area contributed by atoms with Crippen molar-refractivity contribution in [3.63, 3.8) is 0 Å². The van der Waals surface area contributed by atoms with Gasteiger partial charge < -0.3 is 14.6 Å². The van der Waals surface area contributed by atoms with Crippen molar-refractivity contribution in [2.24, 2.45) is 5.92 Å². The molecule has 0 saturated carbocycles. The van der Waals surface area contributed by atoms with Gasteiger partial charge in [-0.15, -0.1) is 0 Å². The predicted molar refractivity (Wildman–Crippen MR) is 70.4 cm³/mol. The van der Waals surface area contributed by atoms with Crippen molar-refractivity contribution in [3.8, 4) is 0 Å². The minimum atomic E-state index is -3.77. The molecular weight excluding hydrogens is 345 g/mol. The molecule has 2 heterocycles. The summed E-state index contributed by atoms with van der Waals surface area (Å²) in [4.78, 5) is 34.6. The van der Waals surface area contributed by atoms with E-state index in [-0.39, 0.29) is 40.9 Å². The first-order valence-electron chi connectivity index (χ1n) is 5.93. The van der Waals surface area contributed by atoms with Crippen LogP contribution in [0.15, 0.2) is 11.3 Å². The minimum Gasteiger partial charge on any atom is -0.543 e. The van der Waals surface area contributed by atoms with Gasteiger partial charge in [0.15, 0.2) is 15.2 Å². The standard InChI is InChI=1S/C11H13NO7S2.Na/c1-5(13)19-2-6-4-21(17,18)10-7(3-20)9(14)12(10)8(6)11(15)16;/h7,10,20H,2-4H2,1H3,(H,15,16);/q;+1/p-1/t7-,10+;/m0./s1. The number of β-lactam (4-membered cyclic amide) rings is 1. The maximum atomic E-state index is 12.2. The molecule has 0 spiro atoms. The van der Waals surface area contributed by atoms with Crippen LogP contribution in [0, 0.1) is 5.92 Å². The molecule has 8 nitrogen and oxygen atoms in total. The van der Waals surface area contributed by atoms with Gasteiger partial charge in [0.05, 0.1) is 23.3 Å². The molecule has 0 radical (unpaired) electrons. The van der Waals surface area contributed by atoms with Crippen LogP contribution in [-0.4, -0.2) is 54.6 Å². The number of rotatable bonds is 4. The summed E-state index contributed by atoms with van der Waals surface area (Å²) in [6.45, 7) is 0.588. The van der Waals surface area contributed by atoms with Crippen LogP contribution in [0.3, 0.4) is 0 Å². The molecule has 0 aromatic heterocycles. The van der Waals surface area contributed by atoms with Crippen LogP contribution in [0.25, 0.3) is 0 Å². The Balaban J connectivity index is 0.00000242. The molecular formula is C11H12NNaO7S2. The van der Waals surface area contributed by atoms with Crippen molar-refractivity contribution >= 4 is 40.3 Å². The van der Waals surface area contributed by atoms with Gasteiger partial charge in [-0.2, -0.15) is 12.6 Å². The van der Waals surface area contributed by atoms with Gasteiger partial charge in [0.1, 0.15) is 6.61 Å². The average Bonchev–Trinajstić information content (AvgIpc) is 2.36. The zero-order valence-corrected chi connectivity index (χ0v) is 15.6. The number of carbonyl (C=O) groups is 3. The summed E-state index contributed by atoms with van der Waals surface area (Å²) in [6, 6.07) is 0. The zero-order valence-electron chi connectivity index (χ0n) is 11.9. The Morgan fingerprint density at radius 1 is 1.45 bits per heavy atom. The molecule has 2 rings (SSSR count). The van der Waals surface area contributed by atoms with E-state index < -0.39 is 57.0 Å². The van der Waals surface area contributed by atoms with Gasteiger partial charge in [-0.05, 0) is 0 Å². The van der Waals surface area contributed by atoms with Gasteiger partial charge in [0.2, 0.25) is 5.91 Å². The Morgan fingerprint density at radius 2 is 2.05 bits per heavy atom. The molecule has 0 unspecified atom stereocenters. The summed E-state index contributed by atoms with van der Waals surface area (Å²) in [5.74, 6) is -4.48. The van der Waals surface area contributed by atoms with Crippen LogP contribution in [0.4, 0.5) is 0 Å².